The molecule has 0 aliphatic carbocycles. The molecule has 0 fully saturated rings. The minimum Gasteiger partial charge on any atom is -0.377 e. The van der Waals surface area contributed by atoms with E-state index in [2.05, 4.69) is 26.2 Å². The fraction of sp³-hybridized carbons (Fsp3) is 0.154. The van der Waals surface area contributed by atoms with E-state index in [9.17, 15) is 8.78 Å². The first-order valence-corrected chi connectivity index (χ1v) is 6.67. The lowest BCUT2D eigenvalue weighted by Gasteiger charge is -2.16. The van der Waals surface area contributed by atoms with Crippen molar-refractivity contribution in [1.29, 1.82) is 0 Å². The number of anilines is 1. The Hall–Kier alpha value is -1.20. The molecule has 2 aromatic rings. The zero-order valence-electron chi connectivity index (χ0n) is 9.92. The van der Waals surface area contributed by atoms with E-state index >= 15 is 0 Å². The zero-order chi connectivity index (χ0) is 14.0. The van der Waals surface area contributed by atoms with E-state index in [1.165, 1.54) is 12.1 Å². The van der Waals surface area contributed by atoms with Crippen LogP contribution < -0.4 is 5.32 Å². The highest BCUT2D eigenvalue weighted by atomic mass is 79.9. The van der Waals surface area contributed by atoms with Gasteiger partial charge in [0.05, 0.1) is 16.4 Å². The van der Waals surface area contributed by atoms with Crippen molar-refractivity contribution < 1.29 is 8.78 Å². The number of benzene rings is 1. The average Bonchev–Trinajstić information content (AvgIpc) is 2.37. The zero-order valence-corrected chi connectivity index (χ0v) is 12.3. The van der Waals surface area contributed by atoms with Gasteiger partial charge in [-0.05, 0) is 46.6 Å². The lowest BCUT2D eigenvalue weighted by molar-refractivity contribution is 0.506. The van der Waals surface area contributed by atoms with E-state index in [0.29, 0.717) is 15.2 Å². The van der Waals surface area contributed by atoms with Crippen molar-refractivity contribution in [2.45, 2.75) is 13.0 Å². The first kappa shape index (κ1) is 14.2. The van der Waals surface area contributed by atoms with Crippen LogP contribution in [-0.2, 0) is 0 Å². The fourth-order valence-electron chi connectivity index (χ4n) is 1.62. The average molecular weight is 348 g/mol. The number of pyridine rings is 1. The lowest BCUT2D eigenvalue weighted by Crippen LogP contribution is -2.07. The topological polar surface area (TPSA) is 24.9 Å². The smallest absolute Gasteiger partial charge is 0.159 e. The fourth-order valence-corrected chi connectivity index (χ4v) is 2.07. The monoisotopic (exact) mass is 346 g/mol. The molecule has 0 saturated carbocycles. The van der Waals surface area contributed by atoms with Gasteiger partial charge >= 0.3 is 0 Å². The van der Waals surface area contributed by atoms with Gasteiger partial charge in [0.15, 0.2) is 11.6 Å². The van der Waals surface area contributed by atoms with Crippen LogP contribution in [0.5, 0.6) is 0 Å². The van der Waals surface area contributed by atoms with Crippen molar-refractivity contribution in [3.05, 3.63) is 57.3 Å². The van der Waals surface area contributed by atoms with Gasteiger partial charge in [0.2, 0.25) is 0 Å². The van der Waals surface area contributed by atoms with Crippen LogP contribution in [0.25, 0.3) is 0 Å². The van der Waals surface area contributed by atoms with Crippen LogP contribution in [0.15, 0.2) is 34.9 Å². The van der Waals surface area contributed by atoms with Crippen LogP contribution in [-0.4, -0.2) is 4.98 Å². The summed E-state index contributed by atoms with van der Waals surface area (Å²) in [6, 6.07) is 5.40. The quantitative estimate of drug-likeness (QED) is 0.795. The Bertz CT molecular complexity index is 607. The standard InChI is InChI=1S/C13H10BrClF2N2/c1-7(8-2-3-11(16)12(17)4-8)19-9-5-10(14)13(15)18-6-9/h2-7,19H,1H3. The third kappa shape index (κ3) is 3.42. The third-order valence-corrected chi connectivity index (χ3v) is 3.76. The van der Waals surface area contributed by atoms with Crippen molar-refractivity contribution in [3.63, 3.8) is 0 Å². The molecule has 1 unspecified atom stereocenters. The number of aromatic nitrogens is 1. The molecule has 0 bridgehead atoms. The van der Waals surface area contributed by atoms with Crippen LogP contribution in [0, 0.1) is 11.6 Å². The van der Waals surface area contributed by atoms with Crippen molar-refractivity contribution in [2.24, 2.45) is 0 Å². The van der Waals surface area contributed by atoms with E-state index < -0.39 is 11.6 Å². The van der Waals surface area contributed by atoms with E-state index in [0.717, 1.165) is 11.8 Å². The van der Waals surface area contributed by atoms with Crippen LogP contribution in [0.4, 0.5) is 14.5 Å². The van der Waals surface area contributed by atoms with Gasteiger partial charge < -0.3 is 5.32 Å². The summed E-state index contributed by atoms with van der Waals surface area (Å²) in [5.74, 6) is -1.71. The molecule has 6 heteroatoms. The maximum absolute atomic E-state index is 13.2. The Balaban J connectivity index is 2.17. The molecule has 1 aromatic carbocycles. The Labute approximate surface area is 122 Å². The number of hydrogen-bond acceptors (Lipinski definition) is 2. The second kappa shape index (κ2) is 5.84. The molecule has 0 aliphatic rings. The highest BCUT2D eigenvalue weighted by molar-refractivity contribution is 9.10. The van der Waals surface area contributed by atoms with Crippen molar-refractivity contribution in [2.75, 3.05) is 5.32 Å². The summed E-state index contributed by atoms with van der Waals surface area (Å²) in [6.45, 7) is 1.84. The molecule has 2 rings (SSSR count). The molecule has 1 heterocycles. The van der Waals surface area contributed by atoms with Crippen LogP contribution in [0.1, 0.15) is 18.5 Å². The summed E-state index contributed by atoms with van der Waals surface area (Å²) >= 11 is 9.06. The SMILES string of the molecule is CC(Nc1cnc(Cl)c(Br)c1)c1ccc(F)c(F)c1. The maximum Gasteiger partial charge on any atom is 0.159 e. The first-order chi connectivity index (χ1) is 8.97. The summed E-state index contributed by atoms with van der Waals surface area (Å²) in [5.41, 5.74) is 1.37. The number of hydrogen-bond donors (Lipinski definition) is 1. The van der Waals surface area contributed by atoms with Gasteiger partial charge in [-0.2, -0.15) is 0 Å². The summed E-state index contributed by atoms with van der Waals surface area (Å²) < 4.78 is 26.7. The van der Waals surface area contributed by atoms with Gasteiger partial charge in [0, 0.05) is 6.04 Å². The van der Waals surface area contributed by atoms with E-state index in [-0.39, 0.29) is 6.04 Å². The third-order valence-electron chi connectivity index (χ3n) is 2.62. The van der Waals surface area contributed by atoms with E-state index in [1.807, 2.05) is 6.92 Å². The van der Waals surface area contributed by atoms with Crippen molar-refractivity contribution >= 4 is 33.2 Å². The molecule has 0 spiro atoms. The molecule has 19 heavy (non-hydrogen) atoms. The van der Waals surface area contributed by atoms with Gasteiger partial charge in [0.25, 0.3) is 0 Å². The molecule has 0 radical (unpaired) electrons. The predicted octanol–water partition coefficient (Wildman–Crippen LogP) is 4.95. The summed E-state index contributed by atoms with van der Waals surface area (Å²) in [5, 5.41) is 3.50. The molecule has 0 aliphatic heterocycles. The highest BCUT2D eigenvalue weighted by Crippen LogP contribution is 2.26. The first-order valence-electron chi connectivity index (χ1n) is 5.50. The van der Waals surface area contributed by atoms with E-state index in [4.69, 9.17) is 11.6 Å². The number of nitrogens with zero attached hydrogens (tertiary/aromatic N) is 1. The number of nitrogens with one attached hydrogen (secondary N) is 1. The van der Waals surface area contributed by atoms with Crippen LogP contribution in [0.2, 0.25) is 5.15 Å². The molecular formula is C13H10BrClF2N2. The Kier molecular flexibility index (Phi) is 4.37. The Morgan fingerprint density at radius 2 is 2.00 bits per heavy atom. The molecule has 1 N–H and O–H groups in total. The molecular weight excluding hydrogens is 338 g/mol. The van der Waals surface area contributed by atoms with Gasteiger partial charge in [-0.1, -0.05) is 17.7 Å². The normalized spacial score (nSPS) is 12.3. The Morgan fingerprint density at radius 3 is 2.63 bits per heavy atom. The second-order valence-electron chi connectivity index (χ2n) is 4.04. The second-order valence-corrected chi connectivity index (χ2v) is 5.25. The van der Waals surface area contributed by atoms with Crippen LogP contribution >= 0.6 is 27.5 Å². The van der Waals surface area contributed by atoms with Crippen molar-refractivity contribution in [1.82, 2.24) is 4.98 Å². The maximum atomic E-state index is 13.2. The Morgan fingerprint density at radius 1 is 1.26 bits per heavy atom. The molecule has 0 saturated heterocycles. The summed E-state index contributed by atoms with van der Waals surface area (Å²) in [7, 11) is 0. The minimum absolute atomic E-state index is 0.190. The van der Waals surface area contributed by atoms with E-state index in [1.54, 1.807) is 12.3 Å². The largest absolute Gasteiger partial charge is 0.377 e. The van der Waals surface area contributed by atoms with Crippen LogP contribution in [0.3, 0.4) is 0 Å². The van der Waals surface area contributed by atoms with Gasteiger partial charge in [-0.3, -0.25) is 0 Å². The number of halogens is 4. The molecule has 100 valence electrons. The van der Waals surface area contributed by atoms with Crippen molar-refractivity contribution in [3.8, 4) is 0 Å². The summed E-state index contributed by atoms with van der Waals surface area (Å²) in [4.78, 5) is 3.98. The molecule has 1 atom stereocenters. The van der Waals surface area contributed by atoms with Gasteiger partial charge in [-0.25, -0.2) is 13.8 Å². The van der Waals surface area contributed by atoms with Gasteiger partial charge in [0.1, 0.15) is 5.15 Å². The molecule has 2 nitrogen and oxygen atoms in total. The predicted molar refractivity (Wildman–Crippen MR) is 75.3 cm³/mol. The number of rotatable bonds is 3. The molecule has 0 amide bonds. The lowest BCUT2D eigenvalue weighted by atomic mass is 10.1. The summed E-state index contributed by atoms with van der Waals surface area (Å²) in [6.07, 6.45) is 1.57. The van der Waals surface area contributed by atoms with Gasteiger partial charge in [-0.15, -0.1) is 0 Å². The molecule has 1 aromatic heterocycles. The highest BCUT2D eigenvalue weighted by Gasteiger charge is 2.10. The minimum atomic E-state index is -0.860.